The lowest BCUT2D eigenvalue weighted by atomic mass is 10.1. The molecule has 2 aromatic carbocycles. The molecule has 0 saturated carbocycles. The molecule has 0 bridgehead atoms. The lowest BCUT2D eigenvalue weighted by Crippen LogP contribution is -2.37. The van der Waals surface area contributed by atoms with Crippen LogP contribution in [0.25, 0.3) is 0 Å². The summed E-state index contributed by atoms with van der Waals surface area (Å²) >= 11 is 0. The van der Waals surface area contributed by atoms with E-state index in [0.717, 1.165) is 18.2 Å². The van der Waals surface area contributed by atoms with Crippen molar-refractivity contribution in [2.45, 2.75) is 18.2 Å². The Kier molecular flexibility index (Phi) is 6.22. The minimum Gasteiger partial charge on any atom is -0.355 e. The standard InChI is InChI=1S/C17H18F2N2O3S/c1-12-10-14(18)6-7-16(12)25(23,24)21-11-17(22)20-9-8-13-4-2-3-5-15(13)19/h2-7,10,21H,8-9,11H2,1H3,(H,20,22). The lowest BCUT2D eigenvalue weighted by Gasteiger charge is -2.10. The average molecular weight is 368 g/mol. The fraction of sp³-hybridized carbons (Fsp3) is 0.235. The summed E-state index contributed by atoms with van der Waals surface area (Å²) in [7, 11) is -3.92. The van der Waals surface area contributed by atoms with Crippen LogP contribution in [0.15, 0.2) is 47.4 Å². The second-order valence-electron chi connectivity index (χ2n) is 5.43. The van der Waals surface area contributed by atoms with E-state index in [4.69, 9.17) is 0 Å². The van der Waals surface area contributed by atoms with Gasteiger partial charge in [-0.3, -0.25) is 4.79 Å². The molecular formula is C17H18F2N2O3S. The molecular weight excluding hydrogens is 350 g/mol. The van der Waals surface area contributed by atoms with Crippen molar-refractivity contribution in [3.8, 4) is 0 Å². The number of amides is 1. The van der Waals surface area contributed by atoms with Crippen LogP contribution in [-0.4, -0.2) is 27.4 Å². The molecule has 0 fully saturated rings. The molecule has 0 aliphatic carbocycles. The maximum absolute atomic E-state index is 13.4. The van der Waals surface area contributed by atoms with E-state index in [1.807, 2.05) is 0 Å². The van der Waals surface area contributed by atoms with Crippen molar-refractivity contribution in [2.24, 2.45) is 0 Å². The van der Waals surface area contributed by atoms with Crippen LogP contribution < -0.4 is 10.0 Å². The van der Waals surface area contributed by atoms with Crippen molar-refractivity contribution in [1.29, 1.82) is 0 Å². The Bertz CT molecular complexity index is 870. The number of benzene rings is 2. The van der Waals surface area contributed by atoms with Gasteiger partial charge in [0.2, 0.25) is 15.9 Å². The summed E-state index contributed by atoms with van der Waals surface area (Å²) < 4.78 is 52.9. The zero-order valence-corrected chi connectivity index (χ0v) is 14.4. The van der Waals surface area contributed by atoms with E-state index in [2.05, 4.69) is 10.0 Å². The maximum atomic E-state index is 13.4. The zero-order valence-electron chi connectivity index (χ0n) is 13.6. The highest BCUT2D eigenvalue weighted by atomic mass is 32.2. The normalized spacial score (nSPS) is 11.3. The van der Waals surface area contributed by atoms with Gasteiger partial charge in [0.15, 0.2) is 0 Å². The van der Waals surface area contributed by atoms with Crippen molar-refractivity contribution in [2.75, 3.05) is 13.1 Å². The largest absolute Gasteiger partial charge is 0.355 e. The molecule has 0 aromatic heterocycles. The van der Waals surface area contributed by atoms with E-state index in [0.29, 0.717) is 12.0 Å². The van der Waals surface area contributed by atoms with Crippen molar-refractivity contribution >= 4 is 15.9 Å². The summed E-state index contributed by atoms with van der Waals surface area (Å²) in [6.45, 7) is 1.18. The van der Waals surface area contributed by atoms with Gasteiger partial charge in [0.1, 0.15) is 11.6 Å². The van der Waals surface area contributed by atoms with Crippen LogP contribution in [0.4, 0.5) is 8.78 Å². The molecule has 2 aromatic rings. The monoisotopic (exact) mass is 368 g/mol. The predicted octanol–water partition coefficient (Wildman–Crippen LogP) is 1.91. The van der Waals surface area contributed by atoms with Crippen molar-refractivity contribution in [3.63, 3.8) is 0 Å². The van der Waals surface area contributed by atoms with E-state index >= 15 is 0 Å². The highest BCUT2D eigenvalue weighted by molar-refractivity contribution is 7.89. The molecule has 1 amide bonds. The van der Waals surface area contributed by atoms with Gasteiger partial charge in [-0.2, -0.15) is 0 Å². The van der Waals surface area contributed by atoms with E-state index < -0.39 is 28.3 Å². The smallest absolute Gasteiger partial charge is 0.241 e. The summed E-state index contributed by atoms with van der Waals surface area (Å²) in [6, 6.07) is 9.49. The summed E-state index contributed by atoms with van der Waals surface area (Å²) in [5.41, 5.74) is 0.706. The number of aryl methyl sites for hydroxylation is 1. The minimum atomic E-state index is -3.92. The highest BCUT2D eigenvalue weighted by Crippen LogP contribution is 2.15. The molecule has 0 aliphatic rings. The Morgan fingerprint density at radius 3 is 2.52 bits per heavy atom. The third-order valence-corrected chi connectivity index (χ3v) is 5.09. The molecule has 0 spiro atoms. The minimum absolute atomic E-state index is 0.0898. The SMILES string of the molecule is Cc1cc(F)ccc1S(=O)(=O)NCC(=O)NCCc1ccccc1F. The summed E-state index contributed by atoms with van der Waals surface area (Å²) in [6.07, 6.45) is 0.294. The van der Waals surface area contributed by atoms with E-state index in [9.17, 15) is 22.0 Å². The number of hydrogen-bond donors (Lipinski definition) is 2. The fourth-order valence-electron chi connectivity index (χ4n) is 2.25. The highest BCUT2D eigenvalue weighted by Gasteiger charge is 2.18. The Hall–Kier alpha value is -2.32. The number of halogens is 2. The summed E-state index contributed by atoms with van der Waals surface area (Å²) in [5.74, 6) is -1.44. The Balaban J connectivity index is 1.86. The fourth-order valence-corrected chi connectivity index (χ4v) is 3.46. The van der Waals surface area contributed by atoms with Crippen molar-refractivity contribution < 1.29 is 22.0 Å². The molecule has 0 radical (unpaired) electrons. The van der Waals surface area contributed by atoms with E-state index in [1.165, 1.54) is 13.0 Å². The van der Waals surface area contributed by atoms with E-state index in [1.54, 1.807) is 18.2 Å². The van der Waals surface area contributed by atoms with Crippen LogP contribution in [0.3, 0.4) is 0 Å². The average Bonchev–Trinajstić information content (AvgIpc) is 2.54. The van der Waals surface area contributed by atoms with Gasteiger partial charge in [0.05, 0.1) is 11.4 Å². The summed E-state index contributed by atoms with van der Waals surface area (Å²) in [4.78, 5) is 11.7. The number of carbonyl (C=O) groups is 1. The first-order valence-electron chi connectivity index (χ1n) is 7.55. The molecule has 0 aliphatic heterocycles. The maximum Gasteiger partial charge on any atom is 0.241 e. The van der Waals surface area contributed by atoms with Gasteiger partial charge in [0.25, 0.3) is 0 Å². The van der Waals surface area contributed by atoms with Crippen LogP contribution in [0, 0.1) is 18.6 Å². The molecule has 134 valence electrons. The Morgan fingerprint density at radius 2 is 1.84 bits per heavy atom. The molecule has 2 N–H and O–H groups in total. The van der Waals surface area contributed by atoms with Crippen molar-refractivity contribution in [1.82, 2.24) is 10.0 Å². The van der Waals surface area contributed by atoms with Crippen molar-refractivity contribution in [3.05, 3.63) is 65.2 Å². The summed E-state index contributed by atoms with van der Waals surface area (Å²) in [5, 5.41) is 2.51. The first kappa shape index (κ1) is 19.0. The van der Waals surface area contributed by atoms with E-state index in [-0.39, 0.29) is 22.8 Å². The molecule has 0 heterocycles. The predicted molar refractivity (Wildman–Crippen MR) is 89.4 cm³/mol. The third kappa shape index (κ3) is 5.33. The van der Waals surface area contributed by atoms with Crippen LogP contribution in [0.1, 0.15) is 11.1 Å². The molecule has 2 rings (SSSR count). The first-order chi connectivity index (χ1) is 11.8. The van der Waals surface area contributed by atoms with Gasteiger partial charge in [-0.25, -0.2) is 21.9 Å². The van der Waals surface area contributed by atoms with Gasteiger partial charge >= 0.3 is 0 Å². The van der Waals surface area contributed by atoms with Crippen LogP contribution in [0.2, 0.25) is 0 Å². The first-order valence-corrected chi connectivity index (χ1v) is 9.04. The molecule has 8 heteroatoms. The quantitative estimate of drug-likeness (QED) is 0.784. The zero-order chi connectivity index (χ0) is 18.4. The second-order valence-corrected chi connectivity index (χ2v) is 7.16. The second kappa shape index (κ2) is 8.17. The Morgan fingerprint density at radius 1 is 1.12 bits per heavy atom. The number of nitrogens with one attached hydrogen (secondary N) is 2. The number of hydrogen-bond acceptors (Lipinski definition) is 3. The lowest BCUT2D eigenvalue weighted by molar-refractivity contribution is -0.119. The molecule has 5 nitrogen and oxygen atoms in total. The van der Waals surface area contributed by atoms with Crippen LogP contribution in [0.5, 0.6) is 0 Å². The third-order valence-electron chi connectivity index (χ3n) is 3.52. The molecule has 0 atom stereocenters. The topological polar surface area (TPSA) is 75.3 Å². The van der Waals surface area contributed by atoms with Crippen LogP contribution in [-0.2, 0) is 21.2 Å². The van der Waals surface area contributed by atoms with Gasteiger partial charge in [0, 0.05) is 6.54 Å². The Labute approximate surface area is 145 Å². The van der Waals surface area contributed by atoms with Gasteiger partial charge < -0.3 is 5.32 Å². The van der Waals surface area contributed by atoms with Gasteiger partial charge in [-0.15, -0.1) is 0 Å². The number of sulfonamides is 1. The van der Waals surface area contributed by atoms with Crippen LogP contribution >= 0.6 is 0 Å². The number of carbonyl (C=O) groups excluding carboxylic acids is 1. The van der Waals surface area contributed by atoms with Gasteiger partial charge in [-0.05, 0) is 48.7 Å². The van der Waals surface area contributed by atoms with Gasteiger partial charge in [-0.1, -0.05) is 18.2 Å². The molecule has 25 heavy (non-hydrogen) atoms. The number of rotatable bonds is 7. The molecule has 0 saturated heterocycles. The molecule has 0 unspecified atom stereocenters.